The van der Waals surface area contributed by atoms with Gasteiger partial charge in [0.05, 0.1) is 34.8 Å². The Labute approximate surface area is 221 Å². The second-order valence-corrected chi connectivity index (χ2v) is 12.4. The zero-order chi connectivity index (χ0) is 27.7. The molecule has 0 aromatic heterocycles. The van der Waals surface area contributed by atoms with Crippen molar-refractivity contribution in [3.8, 4) is 5.75 Å². The normalized spacial score (nSPS) is 16.1. The van der Waals surface area contributed by atoms with E-state index in [1.807, 2.05) is 0 Å². The van der Waals surface area contributed by atoms with Gasteiger partial charge in [-0.2, -0.15) is 0 Å². The van der Waals surface area contributed by atoms with Crippen LogP contribution in [0.3, 0.4) is 0 Å². The van der Waals surface area contributed by atoms with Gasteiger partial charge in [-0.1, -0.05) is 36.4 Å². The third kappa shape index (κ3) is 3.89. The fourth-order valence-corrected chi connectivity index (χ4v) is 6.73. The maximum absolute atomic E-state index is 13.8. The Morgan fingerprint density at radius 1 is 0.974 bits per heavy atom. The third-order valence-corrected chi connectivity index (χ3v) is 8.38. The lowest BCUT2D eigenvalue weighted by Gasteiger charge is -2.22. The van der Waals surface area contributed by atoms with E-state index in [-0.39, 0.29) is 66.4 Å². The number of rotatable bonds is 4. The highest BCUT2D eigenvalue weighted by molar-refractivity contribution is 7.92. The van der Waals surface area contributed by atoms with Gasteiger partial charge in [-0.3, -0.25) is 19.0 Å². The Morgan fingerprint density at radius 2 is 1.67 bits per heavy atom. The van der Waals surface area contributed by atoms with Crippen molar-refractivity contribution in [2.24, 2.45) is 0 Å². The molecule has 11 nitrogen and oxygen atoms in total. The second kappa shape index (κ2) is 8.51. The Kier molecular flexibility index (Phi) is 5.42. The molecule has 3 aromatic carbocycles. The summed E-state index contributed by atoms with van der Waals surface area (Å²) < 4.78 is 61.3. The lowest BCUT2D eigenvalue weighted by atomic mass is 9.97. The zero-order valence-corrected chi connectivity index (χ0v) is 22.2. The molecule has 13 heteroatoms. The minimum atomic E-state index is -4.06. The van der Waals surface area contributed by atoms with Gasteiger partial charge in [0.1, 0.15) is 22.0 Å². The molecule has 0 spiro atoms. The van der Waals surface area contributed by atoms with Crippen molar-refractivity contribution >= 4 is 58.9 Å². The molecule has 3 aliphatic rings. The molecular formula is C26H20N4O7S2. The maximum Gasteiger partial charge on any atom is 0.282 e. The van der Waals surface area contributed by atoms with Crippen LogP contribution in [0.2, 0.25) is 0 Å². The number of para-hydroxylation sites is 1. The molecular weight excluding hydrogens is 544 g/mol. The number of nitrogens with zero attached hydrogens (tertiary/aromatic N) is 1. The number of ether oxygens (including phenoxy) is 1. The molecule has 2 aliphatic heterocycles. The van der Waals surface area contributed by atoms with Crippen LogP contribution in [0.15, 0.2) is 69.1 Å². The molecule has 3 aromatic rings. The number of hydrogen-bond donors (Lipinski definition) is 3. The van der Waals surface area contributed by atoms with Crippen LogP contribution in [-0.2, 0) is 20.0 Å². The number of fused-ring (bicyclic) bond motifs is 3. The third-order valence-electron chi connectivity index (χ3n) is 6.38. The Hall–Kier alpha value is -4.49. The summed E-state index contributed by atoms with van der Waals surface area (Å²) in [6.45, 7) is 1.87. The largest absolute Gasteiger partial charge is 0.492 e. The van der Waals surface area contributed by atoms with Crippen LogP contribution in [0.25, 0.3) is 27.5 Å². The van der Waals surface area contributed by atoms with E-state index < -0.39 is 31.0 Å². The number of nitrogens with one attached hydrogen (secondary N) is 3. The maximum atomic E-state index is 13.8. The molecule has 0 atom stereocenters. The van der Waals surface area contributed by atoms with Crippen molar-refractivity contribution in [2.75, 3.05) is 22.9 Å². The molecule has 0 bridgehead atoms. The highest BCUT2D eigenvalue weighted by Crippen LogP contribution is 2.32. The first-order chi connectivity index (χ1) is 18.5. The van der Waals surface area contributed by atoms with E-state index in [0.717, 1.165) is 6.26 Å². The summed E-state index contributed by atoms with van der Waals surface area (Å²) >= 11 is 0. The predicted octanol–water partition coefficient (Wildman–Crippen LogP) is 1.23. The van der Waals surface area contributed by atoms with Crippen molar-refractivity contribution < 1.29 is 21.6 Å². The van der Waals surface area contributed by atoms with Gasteiger partial charge in [0.25, 0.3) is 15.6 Å². The average molecular weight is 565 g/mol. The predicted molar refractivity (Wildman–Crippen MR) is 147 cm³/mol. The van der Waals surface area contributed by atoms with Crippen LogP contribution in [0.1, 0.15) is 6.92 Å². The summed E-state index contributed by atoms with van der Waals surface area (Å²) in [5, 5.41) is 3.79. The first-order valence-corrected chi connectivity index (χ1v) is 15.1. The SMILES string of the molecule is CCOc1cc(NS(C)(=O)=O)c2c3c1nc(=O)/c(=C1/Nc4ccccc4S(=O)(=O)N1)c=3c1ccccc1c2=O. The topological polar surface area (TPSA) is 161 Å². The van der Waals surface area contributed by atoms with E-state index in [4.69, 9.17) is 4.74 Å². The monoisotopic (exact) mass is 564 g/mol. The molecule has 1 aliphatic carbocycles. The van der Waals surface area contributed by atoms with E-state index >= 15 is 0 Å². The molecule has 2 heterocycles. The van der Waals surface area contributed by atoms with Crippen LogP contribution in [-0.4, -0.2) is 34.7 Å². The van der Waals surface area contributed by atoms with Gasteiger partial charge in [0.2, 0.25) is 10.0 Å². The van der Waals surface area contributed by atoms with Gasteiger partial charge in [-0.05, 0) is 24.4 Å². The van der Waals surface area contributed by atoms with Crippen LogP contribution in [0.5, 0.6) is 5.75 Å². The smallest absolute Gasteiger partial charge is 0.282 e. The molecule has 198 valence electrons. The molecule has 0 saturated heterocycles. The summed E-state index contributed by atoms with van der Waals surface area (Å²) in [6, 6.07) is 14.0. The highest BCUT2D eigenvalue weighted by Gasteiger charge is 2.28. The quantitative estimate of drug-likeness (QED) is 0.292. The van der Waals surface area contributed by atoms with E-state index in [0.29, 0.717) is 5.39 Å². The van der Waals surface area contributed by atoms with E-state index in [1.54, 1.807) is 49.4 Å². The second-order valence-electron chi connectivity index (χ2n) is 8.97. The van der Waals surface area contributed by atoms with Gasteiger partial charge in [-0.15, -0.1) is 0 Å². The summed E-state index contributed by atoms with van der Waals surface area (Å²) in [5.74, 6) is -0.0513. The number of anilines is 2. The molecule has 39 heavy (non-hydrogen) atoms. The molecule has 0 saturated carbocycles. The fraction of sp³-hybridized carbons (Fsp3) is 0.115. The molecule has 0 radical (unpaired) electrons. The summed E-state index contributed by atoms with van der Waals surface area (Å²) in [4.78, 5) is 31.7. The van der Waals surface area contributed by atoms with Crippen LogP contribution >= 0.6 is 0 Å². The van der Waals surface area contributed by atoms with E-state index in [1.165, 1.54) is 12.1 Å². The van der Waals surface area contributed by atoms with Crippen molar-refractivity contribution in [2.45, 2.75) is 11.8 Å². The number of aromatic nitrogens is 1. The van der Waals surface area contributed by atoms with Crippen molar-refractivity contribution in [1.82, 2.24) is 9.71 Å². The Bertz CT molecular complexity index is 2310. The summed E-state index contributed by atoms with van der Waals surface area (Å²) in [7, 11) is -7.90. The highest BCUT2D eigenvalue weighted by atomic mass is 32.2. The van der Waals surface area contributed by atoms with Gasteiger partial charge in [0.15, 0.2) is 5.43 Å². The summed E-state index contributed by atoms with van der Waals surface area (Å²) in [6.07, 6.45) is 0.949. The average Bonchev–Trinajstić information content (AvgIpc) is 2.86. The fourth-order valence-electron chi connectivity index (χ4n) is 4.98. The first-order valence-electron chi connectivity index (χ1n) is 11.7. The van der Waals surface area contributed by atoms with Gasteiger partial charge >= 0.3 is 0 Å². The Morgan fingerprint density at radius 3 is 2.38 bits per heavy atom. The molecule has 0 fully saturated rings. The van der Waals surface area contributed by atoms with Crippen molar-refractivity contribution in [1.29, 1.82) is 0 Å². The van der Waals surface area contributed by atoms with Gasteiger partial charge in [-0.25, -0.2) is 21.8 Å². The van der Waals surface area contributed by atoms with Crippen molar-refractivity contribution in [3.63, 3.8) is 0 Å². The van der Waals surface area contributed by atoms with Crippen LogP contribution in [0, 0.1) is 10.4 Å². The Balaban J connectivity index is 1.95. The zero-order valence-electron chi connectivity index (χ0n) is 20.5. The van der Waals surface area contributed by atoms with E-state index in [9.17, 15) is 26.4 Å². The van der Waals surface area contributed by atoms with Crippen LogP contribution < -0.4 is 35.7 Å². The minimum absolute atomic E-state index is 0.00173. The number of hydrogen-bond acceptors (Lipinski definition) is 9. The van der Waals surface area contributed by atoms with Gasteiger partial charge < -0.3 is 10.1 Å². The lowest BCUT2D eigenvalue weighted by Crippen LogP contribution is -2.42. The number of sulfonamides is 2. The lowest BCUT2D eigenvalue weighted by molar-refractivity contribution is 0.343. The van der Waals surface area contributed by atoms with Crippen LogP contribution in [0.4, 0.5) is 11.4 Å². The minimum Gasteiger partial charge on any atom is -0.492 e. The van der Waals surface area contributed by atoms with Crippen molar-refractivity contribution in [3.05, 3.63) is 90.8 Å². The van der Waals surface area contributed by atoms with E-state index in [2.05, 4.69) is 19.7 Å². The summed E-state index contributed by atoms with van der Waals surface area (Å²) in [5.41, 5.74) is -1.01. The molecule has 0 unspecified atom stereocenters. The molecule has 3 N–H and O–H groups in total. The standard InChI is InChI=1S/C26H20N4O7S2/c1-3-37-17-12-16(29-38(2,33)34)20-21-19(13-8-4-5-9-14(13)24(20)31)22(26(32)28-23(17)21)25-27-15-10-6-7-11-18(15)39(35,36)30-25/h4-12,27,29-30H,3H2,1-2H3/b25-22-. The molecule has 0 amide bonds. The molecule has 6 rings (SSSR count). The van der Waals surface area contributed by atoms with Gasteiger partial charge in [0, 0.05) is 21.9 Å². The number of benzene rings is 3. The first kappa shape index (κ1) is 24.8.